The zero-order valence-electron chi connectivity index (χ0n) is 22.0. The first-order valence-corrected chi connectivity index (χ1v) is 12.8. The van der Waals surface area contributed by atoms with E-state index in [0.717, 1.165) is 36.4 Å². The third-order valence-electron chi connectivity index (χ3n) is 6.37. The van der Waals surface area contributed by atoms with Crippen molar-refractivity contribution < 1.29 is 32.9 Å². The molecule has 1 N–H and O–H groups in total. The summed E-state index contributed by atoms with van der Waals surface area (Å²) in [4.78, 5) is 16.2. The number of aromatic nitrogens is 2. The number of methoxy groups -OCH3 is 1. The molecular formula is C28H34F2N4O5. The molecule has 39 heavy (non-hydrogen) atoms. The van der Waals surface area contributed by atoms with Gasteiger partial charge in [-0.3, -0.25) is 14.4 Å². The van der Waals surface area contributed by atoms with Crippen LogP contribution >= 0.6 is 0 Å². The monoisotopic (exact) mass is 544 g/mol. The van der Waals surface area contributed by atoms with Crippen LogP contribution in [0.25, 0.3) is 0 Å². The number of carbonyl (C=O) groups excluding carboxylic acids is 1. The Labute approximate surface area is 226 Å². The molecule has 0 spiro atoms. The fraction of sp³-hybridized carbons (Fsp3) is 0.429. The third kappa shape index (κ3) is 8.47. The molecule has 9 nitrogen and oxygen atoms in total. The van der Waals surface area contributed by atoms with Gasteiger partial charge in [-0.2, -0.15) is 5.10 Å². The van der Waals surface area contributed by atoms with Gasteiger partial charge in [-0.05, 0) is 35.9 Å². The van der Waals surface area contributed by atoms with Gasteiger partial charge < -0.3 is 24.2 Å². The summed E-state index contributed by atoms with van der Waals surface area (Å²) in [6, 6.07) is 12.8. The van der Waals surface area contributed by atoms with Gasteiger partial charge in [0.25, 0.3) is 0 Å². The summed E-state index contributed by atoms with van der Waals surface area (Å²) in [7, 11) is 1.44. The molecule has 2 aromatic carbocycles. The Balaban J connectivity index is 1.40. The zero-order valence-corrected chi connectivity index (χ0v) is 22.0. The number of carbonyl (C=O) groups is 1. The lowest BCUT2D eigenvalue weighted by atomic mass is 10.0. The number of rotatable bonds is 12. The van der Waals surface area contributed by atoms with E-state index in [0.29, 0.717) is 26.2 Å². The van der Waals surface area contributed by atoms with Gasteiger partial charge in [-0.1, -0.05) is 12.1 Å². The number of β-amino-alcohol motifs (C(OH)–C–C–N with tert-alkyl or cyclic N) is 1. The van der Waals surface area contributed by atoms with Crippen molar-refractivity contribution in [2.24, 2.45) is 0 Å². The second-order valence-electron chi connectivity index (χ2n) is 9.67. The first-order valence-electron chi connectivity index (χ1n) is 12.8. The van der Waals surface area contributed by atoms with Crippen molar-refractivity contribution in [3.05, 3.63) is 78.1 Å². The van der Waals surface area contributed by atoms with E-state index < -0.39 is 17.2 Å². The highest BCUT2D eigenvalue weighted by Gasteiger charge is 2.37. The summed E-state index contributed by atoms with van der Waals surface area (Å²) in [5.74, 6) is -1.44. The molecule has 1 aromatic heterocycles. The van der Waals surface area contributed by atoms with E-state index in [1.54, 1.807) is 6.20 Å². The van der Waals surface area contributed by atoms with E-state index in [1.807, 2.05) is 46.1 Å². The van der Waals surface area contributed by atoms with E-state index in [9.17, 15) is 18.7 Å². The predicted molar refractivity (Wildman–Crippen MR) is 139 cm³/mol. The predicted octanol–water partition coefficient (Wildman–Crippen LogP) is 2.73. The van der Waals surface area contributed by atoms with Crippen molar-refractivity contribution in [3.63, 3.8) is 0 Å². The summed E-state index contributed by atoms with van der Waals surface area (Å²) in [5, 5.41) is 15.7. The maximum absolute atomic E-state index is 13.7. The van der Waals surface area contributed by atoms with Crippen LogP contribution in [0.2, 0.25) is 0 Å². The molecule has 0 saturated carbocycles. The van der Waals surface area contributed by atoms with Crippen molar-refractivity contribution >= 4 is 5.91 Å². The minimum absolute atomic E-state index is 0.00870. The van der Waals surface area contributed by atoms with Crippen LogP contribution in [0.4, 0.5) is 8.78 Å². The lowest BCUT2D eigenvalue weighted by Gasteiger charge is -2.33. The first kappa shape index (κ1) is 28.5. The smallest absolute Gasteiger partial charge is 0.248 e. The van der Waals surface area contributed by atoms with Gasteiger partial charge in [-0.15, -0.1) is 0 Å². The van der Waals surface area contributed by atoms with E-state index in [2.05, 4.69) is 5.10 Å². The molecule has 210 valence electrons. The molecule has 1 saturated heterocycles. The number of hydrogen-bond acceptors (Lipinski definition) is 7. The molecule has 1 atom stereocenters. The maximum atomic E-state index is 13.7. The first-order chi connectivity index (χ1) is 18.8. The second kappa shape index (κ2) is 13.5. The highest BCUT2D eigenvalue weighted by atomic mass is 19.2. The van der Waals surface area contributed by atoms with Gasteiger partial charge in [0, 0.05) is 64.7 Å². The quantitative estimate of drug-likeness (QED) is 0.351. The van der Waals surface area contributed by atoms with Gasteiger partial charge in [0.1, 0.15) is 30.3 Å². The van der Waals surface area contributed by atoms with Crippen LogP contribution in [0.15, 0.2) is 60.9 Å². The van der Waals surface area contributed by atoms with Crippen LogP contribution in [-0.2, 0) is 22.6 Å². The molecule has 3 aromatic rings. The van der Waals surface area contributed by atoms with Crippen LogP contribution in [0, 0.1) is 11.6 Å². The van der Waals surface area contributed by atoms with Gasteiger partial charge in [0.15, 0.2) is 11.6 Å². The van der Waals surface area contributed by atoms with E-state index >= 15 is 0 Å². The SMILES string of the molecule is COCC(=O)N1CCN(Cc2cccc(OCCCn3cccn3)c2)CC(O)(COc2ccc(F)c(F)c2)C1. The third-order valence-corrected chi connectivity index (χ3v) is 6.37. The number of halogens is 2. The zero-order chi connectivity index (χ0) is 27.7. The Morgan fingerprint density at radius 3 is 2.67 bits per heavy atom. The Bertz CT molecular complexity index is 1210. The Morgan fingerprint density at radius 2 is 1.90 bits per heavy atom. The largest absolute Gasteiger partial charge is 0.494 e. The van der Waals surface area contributed by atoms with Gasteiger partial charge >= 0.3 is 0 Å². The van der Waals surface area contributed by atoms with E-state index in [1.165, 1.54) is 18.1 Å². The minimum Gasteiger partial charge on any atom is -0.494 e. The number of nitrogens with zero attached hydrogens (tertiary/aromatic N) is 4. The normalized spacial score (nSPS) is 18.1. The van der Waals surface area contributed by atoms with Crippen molar-refractivity contribution in [1.29, 1.82) is 0 Å². The minimum atomic E-state index is -1.47. The van der Waals surface area contributed by atoms with Crippen LogP contribution in [0.3, 0.4) is 0 Å². The number of aliphatic hydroxyl groups is 1. The molecule has 1 aliphatic heterocycles. The molecular weight excluding hydrogens is 510 g/mol. The van der Waals surface area contributed by atoms with Crippen molar-refractivity contribution in [2.75, 3.05) is 53.1 Å². The summed E-state index contributed by atoms with van der Waals surface area (Å²) in [6.45, 7) is 2.60. The number of aryl methyl sites for hydroxylation is 1. The average Bonchev–Trinajstić information content (AvgIpc) is 3.38. The van der Waals surface area contributed by atoms with Crippen LogP contribution in [0.1, 0.15) is 12.0 Å². The van der Waals surface area contributed by atoms with E-state index in [4.69, 9.17) is 14.2 Å². The highest BCUT2D eigenvalue weighted by Crippen LogP contribution is 2.22. The lowest BCUT2D eigenvalue weighted by molar-refractivity contribution is -0.138. The van der Waals surface area contributed by atoms with Crippen LogP contribution in [0.5, 0.6) is 11.5 Å². The molecule has 11 heteroatoms. The molecule has 4 rings (SSSR count). The van der Waals surface area contributed by atoms with Crippen molar-refractivity contribution in [1.82, 2.24) is 19.6 Å². The maximum Gasteiger partial charge on any atom is 0.248 e. The van der Waals surface area contributed by atoms with Gasteiger partial charge in [0.05, 0.1) is 13.2 Å². The van der Waals surface area contributed by atoms with Crippen molar-refractivity contribution in [2.45, 2.75) is 25.1 Å². The molecule has 1 fully saturated rings. The van der Waals surface area contributed by atoms with Gasteiger partial charge in [-0.25, -0.2) is 8.78 Å². The number of ether oxygens (including phenoxy) is 3. The fourth-order valence-corrected chi connectivity index (χ4v) is 4.52. The molecule has 0 aliphatic carbocycles. The Kier molecular flexibility index (Phi) is 9.85. The molecule has 1 amide bonds. The summed E-state index contributed by atoms with van der Waals surface area (Å²) < 4.78 is 45.4. The summed E-state index contributed by atoms with van der Waals surface area (Å²) in [6.07, 6.45) is 4.47. The molecule has 2 heterocycles. The summed E-state index contributed by atoms with van der Waals surface area (Å²) in [5.41, 5.74) is -0.481. The lowest BCUT2D eigenvalue weighted by Crippen LogP contribution is -2.52. The standard InChI is InChI=1S/C28H34F2N4O5/c1-37-18-27(35)33-13-12-32(19-28(36,20-33)21-39-24-7-8-25(29)26(30)16-24)17-22-5-2-6-23(15-22)38-14-4-11-34-10-3-9-31-34/h2-3,5-10,15-16,36H,4,11-14,17-21H2,1H3. The molecule has 1 aliphatic rings. The average molecular weight is 545 g/mol. The fourth-order valence-electron chi connectivity index (χ4n) is 4.52. The molecule has 0 bridgehead atoms. The van der Waals surface area contributed by atoms with Crippen molar-refractivity contribution in [3.8, 4) is 11.5 Å². The molecule has 1 unspecified atom stereocenters. The summed E-state index contributed by atoms with van der Waals surface area (Å²) >= 11 is 0. The van der Waals surface area contributed by atoms with Gasteiger partial charge in [0.2, 0.25) is 5.91 Å². The highest BCUT2D eigenvalue weighted by molar-refractivity contribution is 5.77. The Hall–Kier alpha value is -3.54. The second-order valence-corrected chi connectivity index (χ2v) is 9.67. The topological polar surface area (TPSA) is 89.3 Å². The number of benzene rings is 2. The van der Waals surface area contributed by atoms with E-state index in [-0.39, 0.29) is 38.0 Å². The number of amides is 1. The van der Waals surface area contributed by atoms with Crippen LogP contribution in [-0.4, -0.2) is 89.3 Å². The number of hydrogen-bond donors (Lipinski definition) is 1. The molecule has 0 radical (unpaired) electrons. The van der Waals surface area contributed by atoms with Crippen LogP contribution < -0.4 is 9.47 Å². The Morgan fingerprint density at radius 1 is 1.05 bits per heavy atom.